The minimum Gasteiger partial charge on any atom is -0.456 e. The van der Waals surface area contributed by atoms with E-state index in [9.17, 15) is 14.4 Å². The Bertz CT molecular complexity index is 1280. The molecule has 1 N–H and O–H groups in total. The molecular formula is C28H27ClN2O5. The van der Waals surface area contributed by atoms with Gasteiger partial charge in [-0.25, -0.2) is 4.79 Å². The highest BCUT2D eigenvalue weighted by molar-refractivity contribution is 6.30. The summed E-state index contributed by atoms with van der Waals surface area (Å²) in [6, 6.07) is 19.4. The first kappa shape index (κ1) is 25.4. The number of rotatable bonds is 6. The molecule has 0 radical (unpaired) electrons. The number of nitrogens with zero attached hydrogens (tertiary/aromatic N) is 1. The predicted octanol–water partition coefficient (Wildman–Crippen LogP) is 5.57. The number of esters is 1. The molecule has 1 aliphatic heterocycles. The van der Waals surface area contributed by atoms with Crippen LogP contribution >= 0.6 is 11.6 Å². The molecule has 3 aromatic rings. The van der Waals surface area contributed by atoms with Crippen LogP contribution in [0.5, 0.6) is 0 Å². The Morgan fingerprint density at radius 1 is 1.06 bits per heavy atom. The third-order valence-electron chi connectivity index (χ3n) is 6.04. The summed E-state index contributed by atoms with van der Waals surface area (Å²) in [5, 5.41) is 3.36. The molecular weight excluding hydrogens is 480 g/mol. The number of methoxy groups -OCH3 is 1. The van der Waals surface area contributed by atoms with Crippen LogP contribution in [0.2, 0.25) is 5.02 Å². The molecule has 0 fully saturated rings. The molecule has 36 heavy (non-hydrogen) atoms. The quantitative estimate of drug-likeness (QED) is 0.442. The summed E-state index contributed by atoms with van der Waals surface area (Å²) in [6.45, 7) is 2.19. The van der Waals surface area contributed by atoms with Gasteiger partial charge in [0.2, 0.25) is 0 Å². The molecule has 8 heteroatoms. The van der Waals surface area contributed by atoms with Crippen LogP contribution in [0.3, 0.4) is 0 Å². The Labute approximate surface area is 215 Å². The van der Waals surface area contributed by atoms with Crippen molar-refractivity contribution in [2.75, 3.05) is 30.5 Å². The molecule has 4 rings (SSSR count). The number of benzene rings is 3. The highest BCUT2D eigenvalue weighted by Crippen LogP contribution is 2.37. The van der Waals surface area contributed by atoms with Gasteiger partial charge in [-0.15, -0.1) is 0 Å². The van der Waals surface area contributed by atoms with E-state index in [1.165, 1.54) is 7.11 Å². The fraction of sp³-hybridized carbons (Fsp3) is 0.250. The number of aryl methyl sites for hydroxylation is 1. The number of amides is 2. The van der Waals surface area contributed by atoms with Crippen LogP contribution in [-0.4, -0.2) is 38.0 Å². The lowest BCUT2D eigenvalue weighted by Gasteiger charge is -2.24. The van der Waals surface area contributed by atoms with E-state index in [0.29, 0.717) is 52.5 Å². The maximum atomic E-state index is 13.5. The van der Waals surface area contributed by atoms with E-state index in [0.717, 1.165) is 5.56 Å². The Morgan fingerprint density at radius 3 is 2.53 bits per heavy atom. The van der Waals surface area contributed by atoms with Crippen molar-refractivity contribution in [3.8, 4) is 0 Å². The molecule has 3 aromatic carbocycles. The van der Waals surface area contributed by atoms with Gasteiger partial charge in [0.15, 0.2) is 0 Å². The summed E-state index contributed by atoms with van der Waals surface area (Å²) in [5.74, 6) is -0.879. The van der Waals surface area contributed by atoms with Gasteiger partial charge in [-0.1, -0.05) is 29.8 Å². The van der Waals surface area contributed by atoms with E-state index in [4.69, 9.17) is 21.1 Å². The number of carbonyl (C=O) groups excluding carboxylic acids is 3. The van der Waals surface area contributed by atoms with Gasteiger partial charge in [0, 0.05) is 41.1 Å². The van der Waals surface area contributed by atoms with E-state index < -0.39 is 12.1 Å². The predicted molar refractivity (Wildman–Crippen MR) is 139 cm³/mol. The third kappa shape index (κ3) is 5.75. The average Bonchev–Trinajstić information content (AvgIpc) is 3.03. The Kier molecular flexibility index (Phi) is 8.03. The lowest BCUT2D eigenvalue weighted by atomic mass is 10.0. The minimum atomic E-state index is -0.529. The fourth-order valence-electron chi connectivity index (χ4n) is 4.26. The van der Waals surface area contributed by atoms with E-state index in [1.54, 1.807) is 53.4 Å². The third-order valence-corrected chi connectivity index (χ3v) is 6.27. The minimum absolute atomic E-state index is 0.151. The van der Waals surface area contributed by atoms with E-state index >= 15 is 0 Å². The molecule has 0 saturated heterocycles. The Balaban J connectivity index is 1.54. The SMILES string of the molecule is COCC(=O)OC1CCCN(C(=O)c2ccc(NC(=O)c3ccccc3C)cc2)c2ccc(Cl)cc21. The molecule has 0 aliphatic carbocycles. The van der Waals surface area contributed by atoms with Gasteiger partial charge >= 0.3 is 5.97 Å². The van der Waals surface area contributed by atoms with Crippen molar-refractivity contribution in [2.45, 2.75) is 25.9 Å². The second-order valence-corrected chi connectivity index (χ2v) is 9.00. The zero-order valence-corrected chi connectivity index (χ0v) is 20.9. The molecule has 7 nitrogen and oxygen atoms in total. The number of ether oxygens (including phenoxy) is 2. The van der Waals surface area contributed by atoms with Crippen LogP contribution in [0.1, 0.15) is 50.8 Å². The van der Waals surface area contributed by atoms with Crippen molar-refractivity contribution in [3.63, 3.8) is 0 Å². The molecule has 186 valence electrons. The Hall–Kier alpha value is -3.68. The van der Waals surface area contributed by atoms with Crippen LogP contribution < -0.4 is 10.2 Å². The van der Waals surface area contributed by atoms with Crippen LogP contribution in [-0.2, 0) is 14.3 Å². The largest absolute Gasteiger partial charge is 0.456 e. The second-order valence-electron chi connectivity index (χ2n) is 8.56. The first-order valence-electron chi connectivity index (χ1n) is 11.6. The highest BCUT2D eigenvalue weighted by Gasteiger charge is 2.29. The average molecular weight is 507 g/mol. The number of fused-ring (bicyclic) bond motifs is 1. The molecule has 2 amide bonds. The van der Waals surface area contributed by atoms with Gasteiger partial charge in [0.1, 0.15) is 12.7 Å². The topological polar surface area (TPSA) is 84.9 Å². The first-order valence-corrected chi connectivity index (χ1v) is 12.0. The number of carbonyl (C=O) groups is 3. The van der Waals surface area contributed by atoms with Crippen molar-refractivity contribution in [3.05, 3.63) is 94.0 Å². The van der Waals surface area contributed by atoms with Crippen molar-refractivity contribution in [2.24, 2.45) is 0 Å². The smallest absolute Gasteiger partial charge is 0.332 e. The zero-order valence-electron chi connectivity index (χ0n) is 20.1. The monoisotopic (exact) mass is 506 g/mol. The fourth-order valence-corrected chi connectivity index (χ4v) is 4.44. The van der Waals surface area contributed by atoms with Gasteiger partial charge in [-0.2, -0.15) is 0 Å². The van der Waals surface area contributed by atoms with Gasteiger partial charge in [0.25, 0.3) is 11.8 Å². The molecule has 1 heterocycles. The maximum Gasteiger partial charge on any atom is 0.332 e. The van der Waals surface area contributed by atoms with Gasteiger partial charge < -0.3 is 19.7 Å². The van der Waals surface area contributed by atoms with Crippen LogP contribution in [0.15, 0.2) is 66.7 Å². The summed E-state index contributed by atoms with van der Waals surface area (Å²) in [6.07, 6.45) is 0.655. The van der Waals surface area contributed by atoms with Crippen molar-refractivity contribution < 1.29 is 23.9 Å². The zero-order chi connectivity index (χ0) is 25.7. The summed E-state index contributed by atoms with van der Waals surface area (Å²) in [5.41, 5.74) is 3.87. The Morgan fingerprint density at radius 2 is 1.81 bits per heavy atom. The lowest BCUT2D eigenvalue weighted by Crippen LogP contribution is -2.31. The standard InChI is InChI=1S/C28H27ClN2O5/c1-18-6-3-4-7-22(18)27(33)30-21-12-9-19(10-13-21)28(34)31-15-5-8-25(36-26(32)17-35-2)23-16-20(29)11-14-24(23)31/h3-4,6-7,9-14,16,25H,5,8,15,17H2,1-2H3,(H,30,33). The van der Waals surface area contributed by atoms with Gasteiger partial charge in [-0.05, 0) is 73.9 Å². The second kappa shape index (κ2) is 11.4. The summed E-state index contributed by atoms with van der Waals surface area (Å²) >= 11 is 6.25. The highest BCUT2D eigenvalue weighted by atomic mass is 35.5. The summed E-state index contributed by atoms with van der Waals surface area (Å²) < 4.78 is 10.5. The van der Waals surface area contributed by atoms with E-state index in [-0.39, 0.29) is 18.4 Å². The molecule has 1 unspecified atom stereocenters. The van der Waals surface area contributed by atoms with Crippen LogP contribution in [0.25, 0.3) is 0 Å². The molecule has 0 aromatic heterocycles. The van der Waals surface area contributed by atoms with Crippen molar-refractivity contribution in [1.29, 1.82) is 0 Å². The molecule has 1 aliphatic rings. The number of halogens is 1. The first-order chi connectivity index (χ1) is 17.4. The molecule has 0 spiro atoms. The summed E-state index contributed by atoms with van der Waals surface area (Å²) in [7, 11) is 1.43. The maximum absolute atomic E-state index is 13.5. The van der Waals surface area contributed by atoms with E-state index in [2.05, 4.69) is 5.32 Å². The molecule has 0 bridgehead atoms. The van der Waals surface area contributed by atoms with Gasteiger partial charge in [0.05, 0.1) is 5.69 Å². The number of hydrogen-bond acceptors (Lipinski definition) is 5. The molecule has 1 atom stereocenters. The van der Waals surface area contributed by atoms with Crippen molar-refractivity contribution in [1.82, 2.24) is 0 Å². The number of hydrogen-bond donors (Lipinski definition) is 1. The van der Waals surface area contributed by atoms with Crippen LogP contribution in [0.4, 0.5) is 11.4 Å². The lowest BCUT2D eigenvalue weighted by molar-refractivity contribution is -0.154. The van der Waals surface area contributed by atoms with Crippen LogP contribution in [0, 0.1) is 6.92 Å². The number of nitrogens with one attached hydrogen (secondary N) is 1. The normalized spacial score (nSPS) is 15.0. The molecule has 0 saturated carbocycles. The van der Waals surface area contributed by atoms with Gasteiger partial charge in [-0.3, -0.25) is 9.59 Å². The van der Waals surface area contributed by atoms with E-state index in [1.807, 2.05) is 25.1 Å². The summed E-state index contributed by atoms with van der Waals surface area (Å²) in [4.78, 5) is 39.9. The number of anilines is 2. The van der Waals surface area contributed by atoms with Crippen molar-refractivity contribution >= 4 is 40.8 Å².